The van der Waals surface area contributed by atoms with Gasteiger partial charge in [0, 0.05) is 42.4 Å². The van der Waals surface area contributed by atoms with Crippen LogP contribution < -0.4 is 0 Å². The molecule has 5 aromatic rings. The van der Waals surface area contributed by atoms with Crippen molar-refractivity contribution >= 4 is 43.1 Å². The van der Waals surface area contributed by atoms with Crippen LogP contribution >= 0.6 is 11.3 Å². The fourth-order valence-electron chi connectivity index (χ4n) is 3.65. The average Bonchev–Trinajstić information content (AvgIpc) is 3.16. The first-order valence-corrected chi connectivity index (χ1v) is 10.2. The van der Waals surface area contributed by atoms with E-state index < -0.39 is 0 Å². The molecule has 3 heteroatoms. The van der Waals surface area contributed by atoms with Crippen LogP contribution in [0, 0.1) is 0 Å². The number of benzene rings is 4. The molecule has 5 rings (SSSR count). The van der Waals surface area contributed by atoms with Crippen molar-refractivity contribution in [2.24, 2.45) is 0 Å². The number of carbonyl (C=O) groups is 2. The molecular formula is C26H16O2S. The molecule has 0 aliphatic rings. The molecule has 0 N–H and O–H groups in total. The zero-order valence-electron chi connectivity index (χ0n) is 15.5. The van der Waals surface area contributed by atoms with Crippen molar-refractivity contribution in [3.05, 3.63) is 119 Å². The molecule has 0 saturated carbocycles. The Kier molecular flexibility index (Phi) is 4.30. The van der Waals surface area contributed by atoms with E-state index in [0.29, 0.717) is 22.3 Å². The summed E-state index contributed by atoms with van der Waals surface area (Å²) < 4.78 is 2.35. The van der Waals surface area contributed by atoms with Crippen LogP contribution in [0.25, 0.3) is 20.2 Å². The number of ketones is 2. The summed E-state index contributed by atoms with van der Waals surface area (Å²) in [5, 5.41) is 2.22. The van der Waals surface area contributed by atoms with E-state index in [-0.39, 0.29) is 11.6 Å². The molecule has 1 heterocycles. The maximum absolute atomic E-state index is 13.4. The molecule has 0 aliphatic carbocycles. The monoisotopic (exact) mass is 392 g/mol. The number of thiophene rings is 1. The van der Waals surface area contributed by atoms with Crippen LogP contribution in [0.5, 0.6) is 0 Å². The number of fused-ring (bicyclic) bond motifs is 3. The second kappa shape index (κ2) is 7.12. The van der Waals surface area contributed by atoms with Gasteiger partial charge in [0.1, 0.15) is 0 Å². The highest BCUT2D eigenvalue weighted by Crippen LogP contribution is 2.34. The first-order chi connectivity index (χ1) is 14.2. The fourth-order valence-corrected chi connectivity index (χ4v) is 4.73. The summed E-state index contributed by atoms with van der Waals surface area (Å²) in [5.41, 5.74) is 2.03. The molecule has 0 spiro atoms. The standard InChI is InChI=1S/C26H16O2S/c27-25(17-8-2-1-3-9-17)20-11-4-5-12-21(20)26(28)18-14-15-24-22(16-18)19-10-6-7-13-23(19)29-24/h1-16H. The molecule has 0 aliphatic heterocycles. The maximum atomic E-state index is 13.4. The van der Waals surface area contributed by atoms with Crippen LogP contribution in [0.15, 0.2) is 97.1 Å². The Bertz CT molecular complexity index is 1380. The quantitative estimate of drug-likeness (QED) is 0.326. The van der Waals surface area contributed by atoms with Gasteiger partial charge in [-0.2, -0.15) is 0 Å². The van der Waals surface area contributed by atoms with Crippen molar-refractivity contribution in [3.8, 4) is 0 Å². The lowest BCUT2D eigenvalue weighted by atomic mass is 9.93. The van der Waals surface area contributed by atoms with Crippen molar-refractivity contribution in [1.29, 1.82) is 0 Å². The first kappa shape index (κ1) is 17.5. The Morgan fingerprint density at radius 3 is 1.86 bits per heavy atom. The van der Waals surface area contributed by atoms with Gasteiger partial charge in [0.2, 0.25) is 0 Å². The number of hydrogen-bond acceptors (Lipinski definition) is 3. The van der Waals surface area contributed by atoms with E-state index in [9.17, 15) is 9.59 Å². The van der Waals surface area contributed by atoms with E-state index in [1.54, 1.807) is 47.7 Å². The summed E-state index contributed by atoms with van der Waals surface area (Å²) in [4.78, 5) is 26.4. The van der Waals surface area contributed by atoms with Gasteiger partial charge in [-0.05, 0) is 24.3 Å². The highest BCUT2D eigenvalue weighted by atomic mass is 32.1. The number of rotatable bonds is 4. The van der Waals surface area contributed by atoms with Crippen molar-refractivity contribution in [2.75, 3.05) is 0 Å². The van der Waals surface area contributed by atoms with Gasteiger partial charge in [0.05, 0.1) is 0 Å². The van der Waals surface area contributed by atoms with E-state index in [1.165, 1.54) is 4.70 Å². The summed E-state index contributed by atoms with van der Waals surface area (Å²) in [6.45, 7) is 0. The third kappa shape index (κ3) is 3.06. The van der Waals surface area contributed by atoms with Gasteiger partial charge in [-0.1, -0.05) is 72.8 Å². The zero-order valence-corrected chi connectivity index (χ0v) is 16.3. The van der Waals surface area contributed by atoms with Gasteiger partial charge in [0.15, 0.2) is 11.6 Å². The Morgan fingerprint density at radius 1 is 0.517 bits per heavy atom. The van der Waals surface area contributed by atoms with Crippen molar-refractivity contribution in [3.63, 3.8) is 0 Å². The minimum absolute atomic E-state index is 0.137. The van der Waals surface area contributed by atoms with Gasteiger partial charge in [-0.15, -0.1) is 11.3 Å². The van der Waals surface area contributed by atoms with Crippen molar-refractivity contribution in [1.82, 2.24) is 0 Å². The molecule has 138 valence electrons. The van der Waals surface area contributed by atoms with Gasteiger partial charge in [-0.25, -0.2) is 0 Å². The van der Waals surface area contributed by atoms with Crippen LogP contribution in [0.1, 0.15) is 31.8 Å². The summed E-state index contributed by atoms with van der Waals surface area (Å²) >= 11 is 1.72. The van der Waals surface area contributed by atoms with E-state index in [1.807, 2.05) is 48.5 Å². The molecule has 2 nitrogen and oxygen atoms in total. The molecule has 0 radical (unpaired) electrons. The first-order valence-electron chi connectivity index (χ1n) is 9.37. The van der Waals surface area contributed by atoms with E-state index in [0.717, 1.165) is 15.5 Å². The average molecular weight is 392 g/mol. The number of carbonyl (C=O) groups excluding carboxylic acids is 2. The minimum atomic E-state index is -0.142. The minimum Gasteiger partial charge on any atom is -0.289 e. The molecule has 1 aromatic heterocycles. The summed E-state index contributed by atoms with van der Waals surface area (Å²) in [6.07, 6.45) is 0. The molecule has 0 unspecified atom stereocenters. The van der Waals surface area contributed by atoms with Crippen molar-refractivity contribution < 1.29 is 9.59 Å². The second-order valence-corrected chi connectivity index (χ2v) is 7.96. The van der Waals surface area contributed by atoms with Crippen LogP contribution in [0.3, 0.4) is 0 Å². The molecular weight excluding hydrogens is 376 g/mol. The van der Waals surface area contributed by atoms with Crippen molar-refractivity contribution in [2.45, 2.75) is 0 Å². The maximum Gasteiger partial charge on any atom is 0.193 e. The molecule has 0 saturated heterocycles. The lowest BCUT2D eigenvalue weighted by Gasteiger charge is -2.08. The third-order valence-corrected chi connectivity index (χ3v) is 6.24. The highest BCUT2D eigenvalue weighted by Gasteiger charge is 2.19. The molecule has 0 atom stereocenters. The second-order valence-electron chi connectivity index (χ2n) is 6.88. The summed E-state index contributed by atoms with van der Waals surface area (Å²) in [7, 11) is 0. The Labute approximate surface area is 172 Å². The fraction of sp³-hybridized carbons (Fsp3) is 0. The Hall–Kier alpha value is -3.56. The predicted octanol–water partition coefficient (Wildman–Crippen LogP) is 6.52. The van der Waals surface area contributed by atoms with Gasteiger partial charge in [0.25, 0.3) is 0 Å². The van der Waals surface area contributed by atoms with E-state index in [2.05, 4.69) is 12.1 Å². The summed E-state index contributed by atoms with van der Waals surface area (Å²) in [6, 6.07) is 30.1. The molecule has 29 heavy (non-hydrogen) atoms. The molecule has 0 fully saturated rings. The van der Waals surface area contributed by atoms with Gasteiger partial charge < -0.3 is 0 Å². The van der Waals surface area contributed by atoms with Crippen LogP contribution in [0.4, 0.5) is 0 Å². The van der Waals surface area contributed by atoms with Crippen LogP contribution in [0.2, 0.25) is 0 Å². The normalized spacial score (nSPS) is 11.0. The lowest BCUT2D eigenvalue weighted by molar-refractivity contribution is 0.100. The Morgan fingerprint density at radius 2 is 1.10 bits per heavy atom. The van der Waals surface area contributed by atoms with E-state index >= 15 is 0 Å². The molecule has 4 aromatic carbocycles. The predicted molar refractivity (Wildman–Crippen MR) is 119 cm³/mol. The lowest BCUT2D eigenvalue weighted by Crippen LogP contribution is -2.11. The third-order valence-electron chi connectivity index (χ3n) is 5.09. The zero-order chi connectivity index (χ0) is 19.8. The van der Waals surface area contributed by atoms with E-state index in [4.69, 9.17) is 0 Å². The topological polar surface area (TPSA) is 34.1 Å². The Balaban J connectivity index is 1.61. The summed E-state index contributed by atoms with van der Waals surface area (Å²) in [5.74, 6) is -0.279. The van der Waals surface area contributed by atoms with Gasteiger partial charge in [-0.3, -0.25) is 9.59 Å². The van der Waals surface area contributed by atoms with Crippen LogP contribution in [-0.4, -0.2) is 11.6 Å². The smallest absolute Gasteiger partial charge is 0.193 e. The SMILES string of the molecule is O=C(c1ccccc1)c1ccccc1C(=O)c1ccc2sc3ccccc3c2c1. The van der Waals surface area contributed by atoms with Crippen LogP contribution in [-0.2, 0) is 0 Å². The number of hydrogen-bond donors (Lipinski definition) is 0. The molecule has 0 amide bonds. The van der Waals surface area contributed by atoms with Gasteiger partial charge >= 0.3 is 0 Å². The molecule has 0 bridgehead atoms. The highest BCUT2D eigenvalue weighted by molar-refractivity contribution is 7.25. The largest absolute Gasteiger partial charge is 0.289 e.